The van der Waals surface area contributed by atoms with Gasteiger partial charge >= 0.3 is 0 Å². The molecule has 1 heterocycles. The molecule has 1 atom stereocenters. The molecule has 0 saturated carbocycles. The van der Waals surface area contributed by atoms with Gasteiger partial charge in [0.2, 0.25) is 0 Å². The fraction of sp³-hybridized carbons (Fsp3) is 0.0667. The lowest BCUT2D eigenvalue weighted by Crippen LogP contribution is -2.19. The van der Waals surface area contributed by atoms with E-state index in [0.29, 0.717) is 16.3 Å². The molecular formula is C15H9BrClN3O. The maximum atomic E-state index is 12.1. The summed E-state index contributed by atoms with van der Waals surface area (Å²) in [6.45, 7) is 0. The summed E-state index contributed by atoms with van der Waals surface area (Å²) in [4.78, 5) is 12.1. The van der Waals surface area contributed by atoms with Gasteiger partial charge < -0.3 is 10.6 Å². The number of nitrogens with one attached hydrogen (secondary N) is 2. The monoisotopic (exact) mass is 361 g/mol. The molecule has 1 amide bonds. The number of anilines is 2. The Morgan fingerprint density at radius 3 is 2.81 bits per heavy atom. The number of hydrogen-bond acceptors (Lipinski definition) is 3. The van der Waals surface area contributed by atoms with Crippen molar-refractivity contribution in [2.45, 2.75) is 6.04 Å². The van der Waals surface area contributed by atoms with Crippen LogP contribution in [0.25, 0.3) is 0 Å². The van der Waals surface area contributed by atoms with Crippen LogP contribution in [0.15, 0.2) is 40.9 Å². The minimum absolute atomic E-state index is 0.122. The molecule has 0 aromatic heterocycles. The van der Waals surface area contributed by atoms with E-state index >= 15 is 0 Å². The number of benzene rings is 2. The lowest BCUT2D eigenvalue weighted by Gasteiger charge is -2.13. The lowest BCUT2D eigenvalue weighted by molar-refractivity contribution is -0.116. The van der Waals surface area contributed by atoms with Gasteiger partial charge in [-0.3, -0.25) is 4.79 Å². The first-order chi connectivity index (χ1) is 10.1. The van der Waals surface area contributed by atoms with Crippen molar-refractivity contribution in [1.29, 1.82) is 5.26 Å². The Bertz CT molecular complexity index is 785. The highest BCUT2D eigenvalue weighted by Gasteiger charge is 2.30. The first-order valence-corrected chi connectivity index (χ1v) is 7.32. The van der Waals surface area contributed by atoms with Crippen LogP contribution >= 0.6 is 27.5 Å². The molecule has 2 aromatic carbocycles. The summed E-state index contributed by atoms with van der Waals surface area (Å²) in [6, 6.07) is 12.1. The highest BCUT2D eigenvalue weighted by Crippen LogP contribution is 2.35. The zero-order valence-corrected chi connectivity index (χ0v) is 13.0. The van der Waals surface area contributed by atoms with Crippen molar-refractivity contribution in [3.63, 3.8) is 0 Å². The minimum Gasteiger partial charge on any atom is -0.370 e. The van der Waals surface area contributed by atoms with Gasteiger partial charge in [0, 0.05) is 21.4 Å². The second-order valence-electron chi connectivity index (χ2n) is 4.60. The summed E-state index contributed by atoms with van der Waals surface area (Å²) in [6.07, 6.45) is 0. The van der Waals surface area contributed by atoms with Crippen LogP contribution in [0.5, 0.6) is 0 Å². The molecule has 1 aliphatic heterocycles. The molecule has 0 saturated heterocycles. The first-order valence-electron chi connectivity index (χ1n) is 6.15. The van der Waals surface area contributed by atoms with E-state index in [1.807, 2.05) is 24.3 Å². The minimum atomic E-state index is -0.485. The molecule has 0 fully saturated rings. The third-order valence-electron chi connectivity index (χ3n) is 3.25. The predicted molar refractivity (Wildman–Crippen MR) is 85.3 cm³/mol. The van der Waals surface area contributed by atoms with Gasteiger partial charge in [0.1, 0.15) is 12.1 Å². The Morgan fingerprint density at radius 2 is 2.10 bits per heavy atom. The number of carbonyl (C=O) groups excluding carboxylic acids is 1. The van der Waals surface area contributed by atoms with Gasteiger partial charge in [0.05, 0.1) is 10.6 Å². The van der Waals surface area contributed by atoms with Crippen molar-refractivity contribution in [2.24, 2.45) is 0 Å². The summed E-state index contributed by atoms with van der Waals surface area (Å²) in [5.74, 6) is -0.122. The third-order valence-corrected chi connectivity index (χ3v) is 4.05. The molecule has 0 aliphatic carbocycles. The number of amides is 1. The number of halogens is 2. The summed E-state index contributed by atoms with van der Waals surface area (Å²) in [5.41, 5.74) is 2.75. The maximum Gasteiger partial charge on any atom is 0.251 e. The first kappa shape index (κ1) is 13.9. The fourth-order valence-electron chi connectivity index (χ4n) is 2.24. The van der Waals surface area contributed by atoms with Crippen LogP contribution in [-0.4, -0.2) is 5.91 Å². The van der Waals surface area contributed by atoms with E-state index in [1.54, 1.807) is 18.2 Å². The van der Waals surface area contributed by atoms with Gasteiger partial charge in [0.15, 0.2) is 0 Å². The molecule has 1 unspecified atom stereocenters. The summed E-state index contributed by atoms with van der Waals surface area (Å²) in [7, 11) is 0. The molecule has 21 heavy (non-hydrogen) atoms. The molecule has 2 N–H and O–H groups in total. The van der Waals surface area contributed by atoms with Crippen molar-refractivity contribution in [3.05, 3.63) is 57.0 Å². The molecule has 1 aliphatic rings. The molecule has 0 radical (unpaired) electrons. The van der Waals surface area contributed by atoms with Gasteiger partial charge in [0.25, 0.3) is 5.91 Å². The van der Waals surface area contributed by atoms with E-state index in [9.17, 15) is 4.79 Å². The van der Waals surface area contributed by atoms with Crippen LogP contribution in [0.4, 0.5) is 11.4 Å². The molecule has 6 heteroatoms. The van der Waals surface area contributed by atoms with Crippen LogP contribution in [0.2, 0.25) is 5.02 Å². The Morgan fingerprint density at radius 1 is 1.29 bits per heavy atom. The Hall–Kier alpha value is -2.03. The van der Waals surface area contributed by atoms with E-state index in [2.05, 4.69) is 26.6 Å². The van der Waals surface area contributed by atoms with Gasteiger partial charge in [-0.05, 0) is 36.4 Å². The second kappa shape index (κ2) is 5.40. The van der Waals surface area contributed by atoms with E-state index in [-0.39, 0.29) is 5.91 Å². The SMILES string of the molecule is N#Cc1ccc(NC2C(=O)Nc3ccc(Br)cc32)cc1Cl. The topological polar surface area (TPSA) is 64.9 Å². The lowest BCUT2D eigenvalue weighted by atomic mass is 10.1. The standard InChI is InChI=1S/C15H9BrClN3O/c16-9-2-4-13-11(5-9)14(15(21)20-13)19-10-3-1-8(7-18)12(17)6-10/h1-6,14,19H,(H,20,21). The summed E-state index contributed by atoms with van der Waals surface area (Å²) in [5, 5.41) is 15.2. The number of rotatable bonds is 2. The average molecular weight is 363 g/mol. The normalized spacial score (nSPS) is 16.0. The number of nitrogens with zero attached hydrogens (tertiary/aromatic N) is 1. The largest absolute Gasteiger partial charge is 0.370 e. The molecule has 3 rings (SSSR count). The molecular weight excluding hydrogens is 354 g/mol. The number of fused-ring (bicyclic) bond motifs is 1. The zero-order valence-electron chi connectivity index (χ0n) is 10.7. The van der Waals surface area contributed by atoms with Crippen LogP contribution in [0, 0.1) is 11.3 Å². The highest BCUT2D eigenvalue weighted by molar-refractivity contribution is 9.10. The predicted octanol–water partition coefficient (Wildman–Crippen LogP) is 4.08. The Labute approximate surface area is 134 Å². The molecule has 0 bridgehead atoms. The molecule has 0 spiro atoms. The fourth-order valence-corrected chi connectivity index (χ4v) is 2.84. The molecule has 2 aromatic rings. The van der Waals surface area contributed by atoms with Crippen molar-refractivity contribution in [1.82, 2.24) is 0 Å². The maximum absolute atomic E-state index is 12.1. The van der Waals surface area contributed by atoms with E-state index in [4.69, 9.17) is 16.9 Å². The summed E-state index contributed by atoms with van der Waals surface area (Å²) < 4.78 is 0.905. The van der Waals surface area contributed by atoms with Gasteiger partial charge in [-0.2, -0.15) is 5.26 Å². The van der Waals surface area contributed by atoms with Gasteiger partial charge in [-0.1, -0.05) is 27.5 Å². The quantitative estimate of drug-likeness (QED) is 0.846. The smallest absolute Gasteiger partial charge is 0.251 e. The van der Waals surface area contributed by atoms with Crippen molar-refractivity contribution in [3.8, 4) is 6.07 Å². The van der Waals surface area contributed by atoms with Crippen LogP contribution in [0.3, 0.4) is 0 Å². The molecule has 4 nitrogen and oxygen atoms in total. The third kappa shape index (κ3) is 2.60. The van der Waals surface area contributed by atoms with Crippen LogP contribution in [-0.2, 0) is 4.79 Å². The van der Waals surface area contributed by atoms with E-state index < -0.39 is 6.04 Å². The highest BCUT2D eigenvalue weighted by atomic mass is 79.9. The van der Waals surface area contributed by atoms with Crippen LogP contribution in [0.1, 0.15) is 17.2 Å². The average Bonchev–Trinajstić information content (AvgIpc) is 2.75. The summed E-state index contributed by atoms with van der Waals surface area (Å²) >= 11 is 9.41. The van der Waals surface area contributed by atoms with E-state index in [0.717, 1.165) is 15.7 Å². The Kier molecular flexibility index (Phi) is 3.58. The van der Waals surface area contributed by atoms with Gasteiger partial charge in [-0.25, -0.2) is 0 Å². The number of nitriles is 1. The van der Waals surface area contributed by atoms with Gasteiger partial charge in [-0.15, -0.1) is 0 Å². The van der Waals surface area contributed by atoms with E-state index in [1.165, 1.54) is 0 Å². The van der Waals surface area contributed by atoms with Crippen molar-refractivity contribution >= 4 is 44.8 Å². The zero-order chi connectivity index (χ0) is 15.0. The molecule has 104 valence electrons. The van der Waals surface area contributed by atoms with Crippen molar-refractivity contribution in [2.75, 3.05) is 10.6 Å². The Balaban J connectivity index is 1.93. The van der Waals surface area contributed by atoms with Crippen LogP contribution < -0.4 is 10.6 Å². The number of carbonyl (C=O) groups is 1. The van der Waals surface area contributed by atoms with Crippen molar-refractivity contribution < 1.29 is 4.79 Å². The second-order valence-corrected chi connectivity index (χ2v) is 5.93. The number of hydrogen-bond donors (Lipinski definition) is 2.